The van der Waals surface area contributed by atoms with Gasteiger partial charge in [0.1, 0.15) is 0 Å². The van der Waals surface area contributed by atoms with Crippen molar-refractivity contribution in [1.29, 1.82) is 0 Å². The average molecular weight is 442 g/mol. The molecule has 0 spiro atoms. The molecule has 0 fully saturated rings. The number of esters is 2. The van der Waals surface area contributed by atoms with Gasteiger partial charge >= 0.3 is 11.9 Å². The van der Waals surface area contributed by atoms with Crippen LogP contribution in [0.2, 0.25) is 0 Å². The van der Waals surface area contributed by atoms with Crippen LogP contribution >= 0.6 is 0 Å². The van der Waals surface area contributed by atoms with Crippen molar-refractivity contribution >= 4 is 23.5 Å². The van der Waals surface area contributed by atoms with E-state index in [-0.39, 0.29) is 24.3 Å². The molecule has 0 aromatic heterocycles. The molecule has 2 rings (SSSR count). The van der Waals surface area contributed by atoms with Crippen LogP contribution in [0.3, 0.4) is 0 Å². The van der Waals surface area contributed by atoms with Gasteiger partial charge in [-0.25, -0.2) is 9.59 Å². The molecule has 0 aliphatic rings. The Morgan fingerprint density at radius 1 is 0.656 bits per heavy atom. The first kappa shape index (κ1) is 24.9. The summed E-state index contributed by atoms with van der Waals surface area (Å²) in [6.07, 6.45) is 0.652. The quantitative estimate of drug-likeness (QED) is 0.308. The molecule has 0 amide bonds. The highest BCUT2D eigenvalue weighted by Crippen LogP contribution is 2.33. The van der Waals surface area contributed by atoms with E-state index in [1.807, 2.05) is 0 Å². The lowest BCUT2D eigenvalue weighted by Crippen LogP contribution is -2.72. The average Bonchev–Trinajstić information content (AvgIpc) is 2.84. The summed E-state index contributed by atoms with van der Waals surface area (Å²) in [5, 5.41) is 22.9. The number of hydrogen-bond donors (Lipinski definition) is 2. The molecule has 2 N–H and O–H groups in total. The lowest BCUT2D eigenvalue weighted by Gasteiger charge is -2.37. The summed E-state index contributed by atoms with van der Waals surface area (Å²) >= 11 is 0. The molecule has 2 unspecified atom stereocenters. The van der Waals surface area contributed by atoms with Crippen LogP contribution in [0, 0.1) is 0 Å². The number of carbonyl (C=O) groups excluding carboxylic acids is 4. The molecule has 8 heteroatoms. The molecule has 0 saturated heterocycles. The van der Waals surface area contributed by atoms with Crippen LogP contribution in [0.5, 0.6) is 0 Å². The van der Waals surface area contributed by atoms with E-state index in [0.29, 0.717) is 12.8 Å². The van der Waals surface area contributed by atoms with Gasteiger partial charge in [-0.1, -0.05) is 74.5 Å². The third-order valence-electron chi connectivity index (χ3n) is 4.72. The number of aliphatic hydroxyl groups is 2. The molecule has 0 saturated carbocycles. The summed E-state index contributed by atoms with van der Waals surface area (Å²) in [6, 6.07) is 14.1. The van der Waals surface area contributed by atoms with Crippen molar-refractivity contribution in [2.24, 2.45) is 0 Å². The fourth-order valence-corrected chi connectivity index (χ4v) is 3.00. The maximum Gasteiger partial charge on any atom is 0.350 e. The van der Waals surface area contributed by atoms with Gasteiger partial charge in [0, 0.05) is 11.1 Å². The topological polar surface area (TPSA) is 127 Å². The summed E-state index contributed by atoms with van der Waals surface area (Å²) in [4.78, 5) is 52.7. The molecule has 0 bridgehead atoms. The van der Waals surface area contributed by atoms with Gasteiger partial charge in [-0.15, -0.1) is 0 Å². The van der Waals surface area contributed by atoms with E-state index in [1.165, 1.54) is 48.5 Å². The highest BCUT2D eigenvalue weighted by molar-refractivity contribution is 6.28. The second-order valence-corrected chi connectivity index (χ2v) is 7.08. The van der Waals surface area contributed by atoms with Crippen LogP contribution < -0.4 is 0 Å². The molecular weight excluding hydrogens is 416 g/mol. The van der Waals surface area contributed by atoms with Crippen molar-refractivity contribution in [1.82, 2.24) is 0 Å². The van der Waals surface area contributed by atoms with Crippen LogP contribution in [0.4, 0.5) is 0 Å². The third-order valence-corrected chi connectivity index (χ3v) is 4.72. The van der Waals surface area contributed by atoms with Gasteiger partial charge in [-0.05, 0) is 12.8 Å². The van der Waals surface area contributed by atoms with E-state index >= 15 is 0 Å². The Bertz CT molecular complexity index is 877. The van der Waals surface area contributed by atoms with E-state index in [2.05, 4.69) is 0 Å². The van der Waals surface area contributed by atoms with E-state index in [4.69, 9.17) is 9.47 Å². The number of rotatable bonds is 11. The van der Waals surface area contributed by atoms with Gasteiger partial charge in [0.15, 0.2) is 0 Å². The smallest absolute Gasteiger partial charge is 0.350 e. The molecule has 0 radical (unpaired) electrons. The predicted octanol–water partition coefficient (Wildman–Crippen LogP) is 2.12. The lowest BCUT2D eigenvalue weighted by atomic mass is 9.73. The van der Waals surface area contributed by atoms with Crippen molar-refractivity contribution in [3.63, 3.8) is 0 Å². The van der Waals surface area contributed by atoms with Crippen molar-refractivity contribution in [2.45, 2.75) is 37.9 Å². The standard InChI is InChI=1S/C24H26O8/c1-3-15-31-21(27)23(29,19(25)17-11-7-5-8-12-17)24(30,22(28)32-16-4-2)20(26)18-13-9-6-10-14-18/h5-14,29-30H,3-4,15-16H2,1-2H3. The highest BCUT2D eigenvalue weighted by Gasteiger charge is 2.70. The Morgan fingerprint density at radius 2 is 0.969 bits per heavy atom. The molecule has 8 nitrogen and oxygen atoms in total. The van der Waals surface area contributed by atoms with Crippen LogP contribution in [0.1, 0.15) is 47.4 Å². The lowest BCUT2D eigenvalue weighted by molar-refractivity contribution is -0.194. The largest absolute Gasteiger partial charge is 0.463 e. The second-order valence-electron chi connectivity index (χ2n) is 7.08. The Morgan fingerprint density at radius 3 is 1.25 bits per heavy atom. The van der Waals surface area contributed by atoms with Crippen LogP contribution in [0.15, 0.2) is 60.7 Å². The van der Waals surface area contributed by atoms with Crippen LogP contribution in [-0.2, 0) is 19.1 Å². The molecular formula is C24H26O8. The first-order chi connectivity index (χ1) is 15.2. The van der Waals surface area contributed by atoms with Crippen molar-refractivity contribution in [2.75, 3.05) is 13.2 Å². The van der Waals surface area contributed by atoms with Gasteiger partial charge < -0.3 is 19.7 Å². The summed E-state index contributed by atoms with van der Waals surface area (Å²) in [5.74, 6) is -6.01. The number of Topliss-reactive ketones (excluding diaryl/α,β-unsaturated/α-hetero) is 2. The zero-order chi connectivity index (χ0) is 23.8. The number of ketones is 2. The molecule has 0 aliphatic carbocycles. The summed E-state index contributed by atoms with van der Waals surface area (Å²) in [6.45, 7) is 2.90. The summed E-state index contributed by atoms with van der Waals surface area (Å²) < 4.78 is 9.91. The normalized spacial score (nSPS) is 14.5. The number of hydrogen-bond acceptors (Lipinski definition) is 8. The van der Waals surface area contributed by atoms with E-state index in [0.717, 1.165) is 0 Å². The minimum Gasteiger partial charge on any atom is -0.463 e. The second kappa shape index (κ2) is 10.8. The van der Waals surface area contributed by atoms with E-state index in [9.17, 15) is 29.4 Å². The summed E-state index contributed by atoms with van der Waals surface area (Å²) in [7, 11) is 0. The first-order valence-corrected chi connectivity index (χ1v) is 10.2. The van der Waals surface area contributed by atoms with Crippen LogP contribution in [-0.4, -0.2) is 58.1 Å². The number of ether oxygens (including phenoxy) is 2. The van der Waals surface area contributed by atoms with Gasteiger partial charge in [0.2, 0.25) is 11.6 Å². The minimum atomic E-state index is -3.60. The van der Waals surface area contributed by atoms with Crippen molar-refractivity contribution in [3.05, 3.63) is 71.8 Å². The zero-order valence-corrected chi connectivity index (χ0v) is 17.9. The van der Waals surface area contributed by atoms with Gasteiger partial charge in [0.25, 0.3) is 11.2 Å². The van der Waals surface area contributed by atoms with E-state index in [1.54, 1.807) is 26.0 Å². The molecule has 170 valence electrons. The molecule has 2 atom stereocenters. The third kappa shape index (κ3) is 4.61. The maximum atomic E-state index is 13.4. The Kier molecular flexibility index (Phi) is 8.40. The molecule has 0 aliphatic heterocycles. The predicted molar refractivity (Wildman–Crippen MR) is 114 cm³/mol. The van der Waals surface area contributed by atoms with Gasteiger partial charge in [0.05, 0.1) is 13.2 Å². The SMILES string of the molecule is CCCOC(=O)C(O)(C(=O)c1ccccc1)C(O)(C(=O)OCCC)C(=O)c1ccccc1. The van der Waals surface area contributed by atoms with Crippen molar-refractivity contribution in [3.8, 4) is 0 Å². The Labute approximate surface area is 185 Å². The number of carbonyl (C=O) groups is 4. The fourth-order valence-electron chi connectivity index (χ4n) is 3.00. The monoisotopic (exact) mass is 442 g/mol. The first-order valence-electron chi connectivity index (χ1n) is 10.2. The van der Waals surface area contributed by atoms with Crippen molar-refractivity contribution < 1.29 is 38.9 Å². The fraction of sp³-hybridized carbons (Fsp3) is 0.333. The Balaban J connectivity index is 2.75. The minimum absolute atomic E-state index is 0.217. The van der Waals surface area contributed by atoms with Crippen LogP contribution in [0.25, 0.3) is 0 Å². The Hall–Kier alpha value is -3.36. The number of benzene rings is 2. The zero-order valence-electron chi connectivity index (χ0n) is 17.9. The molecule has 0 heterocycles. The van der Waals surface area contributed by atoms with Gasteiger partial charge in [-0.3, -0.25) is 9.59 Å². The maximum absolute atomic E-state index is 13.4. The molecule has 2 aromatic rings. The highest BCUT2D eigenvalue weighted by atomic mass is 16.6. The summed E-state index contributed by atoms with van der Waals surface area (Å²) in [5.41, 5.74) is -7.63. The van der Waals surface area contributed by atoms with Gasteiger partial charge in [-0.2, -0.15) is 0 Å². The molecule has 32 heavy (non-hydrogen) atoms. The van der Waals surface area contributed by atoms with E-state index < -0.39 is 34.7 Å². The molecule has 2 aromatic carbocycles.